The fourth-order valence-electron chi connectivity index (χ4n) is 1.61. The van der Waals surface area contributed by atoms with Crippen molar-refractivity contribution in [1.29, 1.82) is 0 Å². The summed E-state index contributed by atoms with van der Waals surface area (Å²) in [4.78, 5) is 14.8. The maximum Gasteiger partial charge on any atom is 0.168 e. The summed E-state index contributed by atoms with van der Waals surface area (Å²) >= 11 is 0. The molecule has 1 aliphatic heterocycles. The van der Waals surface area contributed by atoms with Crippen LogP contribution >= 0.6 is 0 Å². The second-order valence-electron chi connectivity index (χ2n) is 3.21. The van der Waals surface area contributed by atoms with Gasteiger partial charge in [-0.05, 0) is 24.6 Å². The van der Waals surface area contributed by atoms with E-state index in [1.54, 1.807) is 6.07 Å². The van der Waals surface area contributed by atoms with Crippen molar-refractivity contribution >= 4 is 6.29 Å². The minimum Gasteiger partial charge on any atom is -0.316 e. The Hall–Kier alpha value is -1.22. The number of carbonyl (C=O) groups excluding carboxylic acids is 1. The molecule has 2 heterocycles. The third kappa shape index (κ3) is 1.75. The fourth-order valence-corrected chi connectivity index (χ4v) is 1.61. The van der Waals surface area contributed by atoms with Crippen molar-refractivity contribution in [3.05, 3.63) is 29.1 Å². The third-order valence-corrected chi connectivity index (χ3v) is 2.32. The van der Waals surface area contributed by atoms with Crippen LogP contribution in [0, 0.1) is 0 Å². The molecule has 3 heteroatoms. The molecule has 1 aromatic heterocycles. The van der Waals surface area contributed by atoms with Crippen molar-refractivity contribution in [2.24, 2.45) is 0 Å². The lowest BCUT2D eigenvalue weighted by atomic mass is 10.1. The van der Waals surface area contributed by atoms with Crippen LogP contribution in [0.3, 0.4) is 0 Å². The molecule has 0 spiro atoms. The number of fused-ring (bicyclic) bond motifs is 1. The van der Waals surface area contributed by atoms with Crippen LogP contribution in [0.4, 0.5) is 0 Å². The number of aromatic nitrogens is 1. The topological polar surface area (TPSA) is 42.0 Å². The Morgan fingerprint density at radius 3 is 3.00 bits per heavy atom. The maximum atomic E-state index is 10.5. The molecule has 0 aliphatic carbocycles. The summed E-state index contributed by atoms with van der Waals surface area (Å²) in [6, 6.07) is 3.80. The first-order valence-electron chi connectivity index (χ1n) is 4.55. The molecule has 0 aromatic carbocycles. The highest BCUT2D eigenvalue weighted by molar-refractivity contribution is 5.71. The van der Waals surface area contributed by atoms with Crippen molar-refractivity contribution in [3.63, 3.8) is 0 Å². The van der Waals surface area contributed by atoms with Crippen molar-refractivity contribution in [3.8, 4) is 0 Å². The molecule has 0 saturated heterocycles. The summed E-state index contributed by atoms with van der Waals surface area (Å²) in [5.74, 6) is 0. The summed E-state index contributed by atoms with van der Waals surface area (Å²) in [6.07, 6.45) is 2.75. The molecule has 0 bridgehead atoms. The minimum absolute atomic E-state index is 0.542. The molecular formula is C10H12N2O. The quantitative estimate of drug-likeness (QED) is 0.636. The SMILES string of the molecule is O=Cc1ccc2c(n1)CCNCC2. The number of carbonyl (C=O) groups is 1. The molecule has 1 N–H and O–H groups in total. The molecule has 13 heavy (non-hydrogen) atoms. The first-order valence-corrected chi connectivity index (χ1v) is 4.55. The van der Waals surface area contributed by atoms with Crippen LogP contribution in [0.1, 0.15) is 21.7 Å². The molecule has 68 valence electrons. The van der Waals surface area contributed by atoms with Gasteiger partial charge in [0.05, 0.1) is 0 Å². The highest BCUT2D eigenvalue weighted by atomic mass is 16.1. The molecule has 0 fully saturated rings. The second kappa shape index (κ2) is 3.66. The molecule has 2 rings (SSSR count). The molecule has 0 radical (unpaired) electrons. The minimum atomic E-state index is 0.542. The first-order chi connectivity index (χ1) is 6.40. The molecule has 0 atom stereocenters. The van der Waals surface area contributed by atoms with Gasteiger partial charge < -0.3 is 5.32 Å². The lowest BCUT2D eigenvalue weighted by Gasteiger charge is -2.03. The van der Waals surface area contributed by atoms with Crippen LogP contribution in [0.25, 0.3) is 0 Å². The Morgan fingerprint density at radius 2 is 2.15 bits per heavy atom. The number of hydrogen-bond acceptors (Lipinski definition) is 3. The zero-order chi connectivity index (χ0) is 9.10. The lowest BCUT2D eigenvalue weighted by molar-refractivity contribution is 0.111. The zero-order valence-electron chi connectivity index (χ0n) is 7.42. The van der Waals surface area contributed by atoms with Crippen molar-refractivity contribution in [2.75, 3.05) is 13.1 Å². The van der Waals surface area contributed by atoms with E-state index in [-0.39, 0.29) is 0 Å². The third-order valence-electron chi connectivity index (χ3n) is 2.32. The number of hydrogen-bond donors (Lipinski definition) is 1. The van der Waals surface area contributed by atoms with Crippen molar-refractivity contribution in [1.82, 2.24) is 10.3 Å². The normalized spacial score (nSPS) is 16.0. The Labute approximate surface area is 77.2 Å². The average Bonchev–Trinajstić information content (AvgIpc) is 2.41. The highest BCUT2D eigenvalue weighted by Gasteiger charge is 2.08. The number of nitrogens with zero attached hydrogens (tertiary/aromatic N) is 1. The van der Waals surface area contributed by atoms with Gasteiger partial charge in [0, 0.05) is 18.7 Å². The van der Waals surface area contributed by atoms with E-state index in [0.717, 1.165) is 37.9 Å². The number of pyridine rings is 1. The van der Waals surface area contributed by atoms with Gasteiger partial charge in [0.25, 0.3) is 0 Å². The van der Waals surface area contributed by atoms with Gasteiger partial charge >= 0.3 is 0 Å². The van der Waals surface area contributed by atoms with Crippen LogP contribution in [0.2, 0.25) is 0 Å². The largest absolute Gasteiger partial charge is 0.316 e. The molecule has 0 amide bonds. The van der Waals surface area contributed by atoms with Crippen molar-refractivity contribution < 1.29 is 4.79 Å². The van der Waals surface area contributed by atoms with Gasteiger partial charge in [0.15, 0.2) is 6.29 Å². The van der Waals surface area contributed by atoms with Gasteiger partial charge in [-0.25, -0.2) is 4.98 Å². The van der Waals surface area contributed by atoms with Gasteiger partial charge in [-0.15, -0.1) is 0 Å². The Bertz CT molecular complexity index is 323. The van der Waals surface area contributed by atoms with E-state index in [4.69, 9.17) is 0 Å². The van der Waals surface area contributed by atoms with Gasteiger partial charge in [0.1, 0.15) is 5.69 Å². The summed E-state index contributed by atoms with van der Waals surface area (Å²) in [6.45, 7) is 1.97. The van der Waals surface area contributed by atoms with E-state index in [0.29, 0.717) is 5.69 Å². The molecule has 0 saturated carbocycles. The predicted octanol–water partition coefficient (Wildman–Crippen LogP) is 0.582. The van der Waals surface area contributed by atoms with E-state index in [1.165, 1.54) is 5.56 Å². The van der Waals surface area contributed by atoms with E-state index in [1.807, 2.05) is 6.07 Å². The zero-order valence-corrected chi connectivity index (χ0v) is 7.42. The maximum absolute atomic E-state index is 10.5. The van der Waals surface area contributed by atoms with E-state index in [2.05, 4.69) is 10.3 Å². The van der Waals surface area contributed by atoms with Gasteiger partial charge in [0.2, 0.25) is 0 Å². The molecule has 3 nitrogen and oxygen atoms in total. The summed E-state index contributed by atoms with van der Waals surface area (Å²) in [5.41, 5.74) is 2.89. The van der Waals surface area contributed by atoms with Crippen LogP contribution in [-0.2, 0) is 12.8 Å². The summed E-state index contributed by atoms with van der Waals surface area (Å²) in [7, 11) is 0. The monoisotopic (exact) mass is 176 g/mol. The summed E-state index contributed by atoms with van der Waals surface area (Å²) in [5, 5.41) is 3.30. The van der Waals surface area contributed by atoms with Crippen LogP contribution in [0.15, 0.2) is 12.1 Å². The molecule has 1 aromatic rings. The second-order valence-corrected chi connectivity index (χ2v) is 3.21. The lowest BCUT2D eigenvalue weighted by Crippen LogP contribution is -2.16. The molecule has 1 aliphatic rings. The van der Waals surface area contributed by atoms with Crippen molar-refractivity contribution in [2.45, 2.75) is 12.8 Å². The number of rotatable bonds is 1. The standard InChI is InChI=1S/C10H12N2O/c13-7-9-2-1-8-3-5-11-6-4-10(8)12-9/h1-2,7,11H,3-6H2. The van der Waals surface area contributed by atoms with Crippen LogP contribution in [-0.4, -0.2) is 24.4 Å². The molecular weight excluding hydrogens is 164 g/mol. The Balaban J connectivity index is 2.37. The highest BCUT2D eigenvalue weighted by Crippen LogP contribution is 2.10. The number of aldehydes is 1. The Kier molecular flexibility index (Phi) is 2.36. The van der Waals surface area contributed by atoms with Gasteiger partial charge in [-0.2, -0.15) is 0 Å². The predicted molar refractivity (Wildman–Crippen MR) is 49.9 cm³/mol. The summed E-state index contributed by atoms with van der Waals surface area (Å²) < 4.78 is 0. The fraction of sp³-hybridized carbons (Fsp3) is 0.400. The average molecular weight is 176 g/mol. The van der Waals surface area contributed by atoms with E-state index >= 15 is 0 Å². The van der Waals surface area contributed by atoms with Gasteiger partial charge in [-0.3, -0.25) is 4.79 Å². The van der Waals surface area contributed by atoms with Crippen LogP contribution < -0.4 is 5.32 Å². The van der Waals surface area contributed by atoms with E-state index < -0.39 is 0 Å². The smallest absolute Gasteiger partial charge is 0.168 e. The number of nitrogens with one attached hydrogen (secondary N) is 1. The first kappa shape index (κ1) is 8.38. The molecule has 0 unspecified atom stereocenters. The Morgan fingerprint density at radius 1 is 1.31 bits per heavy atom. The van der Waals surface area contributed by atoms with E-state index in [9.17, 15) is 4.79 Å². The van der Waals surface area contributed by atoms with Crippen LogP contribution in [0.5, 0.6) is 0 Å². The van der Waals surface area contributed by atoms with Gasteiger partial charge in [-0.1, -0.05) is 6.07 Å².